The largest absolute Gasteiger partial charge is 0.468 e. The van der Waals surface area contributed by atoms with Crippen LogP contribution in [0, 0.1) is 0 Å². The molecule has 9 nitrogen and oxygen atoms in total. The second kappa shape index (κ2) is 13.6. The van der Waals surface area contributed by atoms with Crippen molar-refractivity contribution in [1.82, 2.24) is 25.0 Å². The Hall–Kier alpha value is -4.19. The van der Waals surface area contributed by atoms with E-state index in [1.165, 1.54) is 19.2 Å². The summed E-state index contributed by atoms with van der Waals surface area (Å²) >= 11 is 0. The molecule has 12 heteroatoms. The zero-order valence-corrected chi connectivity index (χ0v) is 23.8. The first kappa shape index (κ1) is 30.8. The van der Waals surface area contributed by atoms with Crippen molar-refractivity contribution in [3.8, 4) is 11.1 Å². The Bertz CT molecular complexity index is 1420. The Morgan fingerprint density at radius 1 is 1.00 bits per heavy atom. The maximum atomic E-state index is 12.9. The third-order valence-electron chi connectivity index (χ3n) is 6.98. The molecule has 0 saturated carbocycles. The van der Waals surface area contributed by atoms with Gasteiger partial charge in [0.1, 0.15) is 5.82 Å². The van der Waals surface area contributed by atoms with E-state index >= 15 is 0 Å². The van der Waals surface area contributed by atoms with Crippen molar-refractivity contribution in [2.45, 2.75) is 52.0 Å². The van der Waals surface area contributed by atoms with Gasteiger partial charge in [0.2, 0.25) is 0 Å². The maximum absolute atomic E-state index is 12.9. The minimum atomic E-state index is -4.38. The lowest BCUT2D eigenvalue weighted by Gasteiger charge is -2.17. The molecule has 0 unspecified atom stereocenters. The van der Waals surface area contributed by atoms with Crippen LogP contribution in [0.15, 0.2) is 59.8 Å². The van der Waals surface area contributed by atoms with Crippen molar-refractivity contribution in [1.29, 1.82) is 0 Å². The smallest absolute Gasteiger partial charge is 0.416 e. The van der Waals surface area contributed by atoms with Gasteiger partial charge in [-0.3, -0.25) is 9.69 Å². The van der Waals surface area contributed by atoms with Crippen molar-refractivity contribution in [3.63, 3.8) is 0 Å². The molecule has 0 atom stereocenters. The molecule has 2 aromatic carbocycles. The highest BCUT2D eigenvalue weighted by Gasteiger charge is 2.30. The van der Waals surface area contributed by atoms with Gasteiger partial charge in [0.15, 0.2) is 5.82 Å². The number of hydrogen-bond donors (Lipinski definition) is 1. The van der Waals surface area contributed by atoms with Crippen LogP contribution in [0.2, 0.25) is 0 Å². The van der Waals surface area contributed by atoms with Crippen LogP contribution in [0.1, 0.15) is 49.0 Å². The Morgan fingerprint density at radius 2 is 1.64 bits per heavy atom. The number of benzene rings is 2. The minimum absolute atomic E-state index is 0.0779. The third-order valence-corrected chi connectivity index (χ3v) is 6.98. The molecular weight excluding hydrogens is 551 g/mol. The predicted octanol–water partition coefficient (Wildman–Crippen LogP) is 4.71. The summed E-state index contributed by atoms with van der Waals surface area (Å²) in [4.78, 5) is 25.9. The average molecular weight is 586 g/mol. The first-order valence-electron chi connectivity index (χ1n) is 13.6. The second-order valence-corrected chi connectivity index (χ2v) is 10.0. The number of nitrogens with one attached hydrogen (secondary N) is 1. The number of hydrogen-bond acceptors (Lipinski definition) is 8. The van der Waals surface area contributed by atoms with E-state index in [9.17, 15) is 22.8 Å². The SMILES string of the molecule is CCOC(=O)C1=C(NCc2nnc(CN(C)CC(=O)OC)n2Cc2ccc(-c3ccc(C(F)(F)F)cc3)cc2)CCC1. The number of likely N-dealkylation sites (N-methyl/N-ethyl adjacent to an activating group) is 1. The molecule has 4 rings (SSSR count). The normalized spacial score (nSPS) is 13.5. The average Bonchev–Trinajstić information content (AvgIpc) is 3.59. The summed E-state index contributed by atoms with van der Waals surface area (Å²) in [7, 11) is 3.11. The minimum Gasteiger partial charge on any atom is -0.468 e. The first-order valence-corrected chi connectivity index (χ1v) is 13.6. The van der Waals surface area contributed by atoms with Crippen molar-refractivity contribution >= 4 is 11.9 Å². The molecule has 1 aromatic heterocycles. The number of rotatable bonds is 12. The van der Waals surface area contributed by atoms with Crippen LogP contribution in [0.4, 0.5) is 13.2 Å². The van der Waals surface area contributed by atoms with Gasteiger partial charge in [0.25, 0.3) is 0 Å². The summed E-state index contributed by atoms with van der Waals surface area (Å²) in [6.07, 6.45) is -2.13. The van der Waals surface area contributed by atoms with E-state index in [4.69, 9.17) is 9.47 Å². The fourth-order valence-electron chi connectivity index (χ4n) is 4.79. The molecule has 224 valence electrons. The summed E-state index contributed by atoms with van der Waals surface area (Å²) in [6, 6.07) is 12.6. The standard InChI is InChI=1S/C30H34F3N5O4/c1-4-42-29(40)24-6-5-7-25(24)34-16-26-35-36-27(18-37(2)19-28(39)41-3)38(26)17-20-8-10-21(11-9-20)22-12-14-23(15-13-22)30(31,32)33/h8-15,34H,4-7,16-19H2,1-3H3. The monoisotopic (exact) mass is 585 g/mol. The topological polar surface area (TPSA) is 98.6 Å². The number of esters is 2. The van der Waals surface area contributed by atoms with Crippen LogP contribution in [-0.2, 0) is 44.9 Å². The van der Waals surface area contributed by atoms with E-state index in [2.05, 4.69) is 15.5 Å². The summed E-state index contributed by atoms with van der Waals surface area (Å²) in [6.45, 7) is 3.25. The molecule has 42 heavy (non-hydrogen) atoms. The first-order chi connectivity index (χ1) is 20.1. The summed E-state index contributed by atoms with van der Waals surface area (Å²) in [5.74, 6) is 0.600. The lowest BCUT2D eigenvalue weighted by Crippen LogP contribution is -2.28. The number of carbonyl (C=O) groups excluding carboxylic acids is 2. The van der Waals surface area contributed by atoms with Crippen molar-refractivity contribution < 1.29 is 32.2 Å². The van der Waals surface area contributed by atoms with Gasteiger partial charge in [0, 0.05) is 5.70 Å². The van der Waals surface area contributed by atoms with Gasteiger partial charge in [-0.05, 0) is 62.1 Å². The molecule has 0 spiro atoms. The van der Waals surface area contributed by atoms with E-state index in [1.54, 1.807) is 18.9 Å². The molecular formula is C30H34F3N5O4. The van der Waals surface area contributed by atoms with Crippen molar-refractivity contribution in [2.24, 2.45) is 0 Å². The summed E-state index contributed by atoms with van der Waals surface area (Å²) in [5.41, 5.74) is 3.19. The van der Waals surface area contributed by atoms with Gasteiger partial charge in [-0.2, -0.15) is 13.2 Å². The molecule has 0 bridgehead atoms. The molecule has 1 aliphatic carbocycles. The lowest BCUT2D eigenvalue weighted by atomic mass is 10.0. The molecule has 1 aliphatic rings. The number of allylic oxidation sites excluding steroid dienone is 1. The molecule has 0 fully saturated rings. The van der Waals surface area contributed by atoms with Crippen LogP contribution in [-0.4, -0.2) is 58.9 Å². The van der Waals surface area contributed by atoms with E-state index in [-0.39, 0.29) is 18.5 Å². The van der Waals surface area contributed by atoms with E-state index in [0.29, 0.717) is 55.4 Å². The Morgan fingerprint density at radius 3 is 2.26 bits per heavy atom. The molecule has 1 N–H and O–H groups in total. The van der Waals surface area contributed by atoms with E-state index in [0.717, 1.165) is 41.8 Å². The van der Waals surface area contributed by atoms with Crippen LogP contribution >= 0.6 is 0 Å². The van der Waals surface area contributed by atoms with Crippen molar-refractivity contribution in [3.05, 3.63) is 82.6 Å². The number of aromatic nitrogens is 3. The van der Waals surface area contributed by atoms with Gasteiger partial charge >= 0.3 is 18.1 Å². The van der Waals surface area contributed by atoms with Crippen LogP contribution < -0.4 is 5.32 Å². The van der Waals surface area contributed by atoms with Crippen LogP contribution in [0.3, 0.4) is 0 Å². The summed E-state index contributed by atoms with van der Waals surface area (Å²) < 4.78 is 50.7. The number of alkyl halides is 3. The molecule has 0 saturated heterocycles. The van der Waals surface area contributed by atoms with Gasteiger partial charge in [-0.1, -0.05) is 36.4 Å². The van der Waals surface area contributed by atoms with E-state index < -0.39 is 11.7 Å². The fraction of sp³-hybridized carbons (Fsp3) is 0.400. The molecule has 1 heterocycles. The Labute approximate surface area is 242 Å². The zero-order chi connectivity index (χ0) is 30.3. The molecule has 3 aromatic rings. The summed E-state index contributed by atoms with van der Waals surface area (Å²) in [5, 5.41) is 12.1. The number of nitrogens with zero attached hydrogens (tertiary/aromatic N) is 4. The fourth-order valence-corrected chi connectivity index (χ4v) is 4.79. The third kappa shape index (κ3) is 7.75. The molecule has 0 amide bonds. The molecule has 0 aliphatic heterocycles. The van der Waals surface area contributed by atoms with E-state index in [1.807, 2.05) is 28.8 Å². The van der Waals surface area contributed by atoms with Gasteiger partial charge in [-0.15, -0.1) is 10.2 Å². The predicted molar refractivity (Wildman–Crippen MR) is 149 cm³/mol. The maximum Gasteiger partial charge on any atom is 0.416 e. The lowest BCUT2D eigenvalue weighted by molar-refractivity contribution is -0.142. The van der Waals surface area contributed by atoms with Gasteiger partial charge in [-0.25, -0.2) is 4.79 Å². The van der Waals surface area contributed by atoms with Gasteiger partial charge < -0.3 is 19.4 Å². The quantitative estimate of drug-likeness (QED) is 0.306. The number of ether oxygens (including phenoxy) is 2. The highest BCUT2D eigenvalue weighted by molar-refractivity contribution is 5.89. The number of methoxy groups -OCH3 is 1. The highest BCUT2D eigenvalue weighted by atomic mass is 19.4. The second-order valence-electron chi connectivity index (χ2n) is 10.0. The Balaban J connectivity index is 1.55. The molecule has 0 radical (unpaired) electrons. The Kier molecular flexibility index (Phi) is 10.00. The zero-order valence-electron chi connectivity index (χ0n) is 23.8. The van der Waals surface area contributed by atoms with Crippen LogP contribution in [0.25, 0.3) is 11.1 Å². The number of halogens is 3. The number of carbonyl (C=O) groups is 2. The van der Waals surface area contributed by atoms with Gasteiger partial charge in [0.05, 0.1) is 51.0 Å². The highest BCUT2D eigenvalue weighted by Crippen LogP contribution is 2.31. The van der Waals surface area contributed by atoms with Crippen LogP contribution in [0.5, 0.6) is 0 Å². The van der Waals surface area contributed by atoms with Crippen molar-refractivity contribution in [2.75, 3.05) is 27.3 Å².